The maximum atomic E-state index is 5.54. The van der Waals surface area contributed by atoms with Crippen molar-refractivity contribution in [3.05, 3.63) is 0 Å². The van der Waals surface area contributed by atoms with Crippen LogP contribution in [-0.4, -0.2) is 42.7 Å². The van der Waals surface area contributed by atoms with Crippen molar-refractivity contribution in [1.82, 2.24) is 10.2 Å². The third-order valence-corrected chi connectivity index (χ3v) is 2.67. The molecule has 0 aromatic rings. The Bertz CT molecular complexity index is 154. The number of likely N-dealkylation sites (tertiary alicyclic amines) is 1. The summed E-state index contributed by atoms with van der Waals surface area (Å²) < 4.78 is 0. The number of nitrogens with zero attached hydrogens (tertiary/aromatic N) is 1. The van der Waals surface area contributed by atoms with Crippen molar-refractivity contribution >= 4 is 0 Å². The molecular weight excluding hydrogens is 174 g/mol. The van der Waals surface area contributed by atoms with E-state index in [0.29, 0.717) is 6.04 Å². The minimum atomic E-state index is 0.251. The van der Waals surface area contributed by atoms with Crippen LogP contribution in [0.25, 0.3) is 0 Å². The molecular formula is C11H25N3. The number of nitrogens with two attached hydrogens (primary N) is 1. The molecule has 84 valence electrons. The lowest BCUT2D eigenvalue weighted by atomic mass is 10.00. The monoisotopic (exact) mass is 199 g/mol. The second-order valence-electron chi connectivity index (χ2n) is 5.30. The number of nitrogens with one attached hydrogen (secondary N) is 1. The summed E-state index contributed by atoms with van der Waals surface area (Å²) in [5.74, 6) is 0. The molecule has 14 heavy (non-hydrogen) atoms. The van der Waals surface area contributed by atoms with E-state index in [1.807, 2.05) is 0 Å². The number of hydrogen-bond donors (Lipinski definition) is 2. The Morgan fingerprint density at radius 1 is 1.29 bits per heavy atom. The predicted molar refractivity (Wildman–Crippen MR) is 61.4 cm³/mol. The predicted octanol–water partition coefficient (Wildman–Crippen LogP) is 0.798. The molecule has 0 bridgehead atoms. The van der Waals surface area contributed by atoms with Gasteiger partial charge in [0.25, 0.3) is 0 Å². The van der Waals surface area contributed by atoms with Gasteiger partial charge in [-0.25, -0.2) is 0 Å². The highest BCUT2D eigenvalue weighted by atomic mass is 15.1. The fraction of sp³-hybridized carbons (Fsp3) is 1.00. The van der Waals surface area contributed by atoms with Crippen LogP contribution in [0.1, 0.15) is 33.6 Å². The molecule has 3 N–H and O–H groups in total. The fourth-order valence-corrected chi connectivity index (χ4v) is 2.10. The van der Waals surface area contributed by atoms with Crippen molar-refractivity contribution in [3.8, 4) is 0 Å². The first kappa shape index (κ1) is 12.0. The van der Waals surface area contributed by atoms with E-state index in [2.05, 4.69) is 31.0 Å². The molecule has 0 aliphatic carbocycles. The molecule has 0 spiro atoms. The SMILES string of the molecule is CC(C)(C)NC1CCN(CCN)CC1. The van der Waals surface area contributed by atoms with Gasteiger partial charge in [-0.2, -0.15) is 0 Å². The smallest absolute Gasteiger partial charge is 0.0105 e. The van der Waals surface area contributed by atoms with Crippen LogP contribution in [0.3, 0.4) is 0 Å². The van der Waals surface area contributed by atoms with Gasteiger partial charge in [0.2, 0.25) is 0 Å². The molecule has 3 heteroatoms. The Balaban J connectivity index is 2.22. The number of hydrogen-bond acceptors (Lipinski definition) is 3. The molecule has 0 radical (unpaired) electrons. The maximum Gasteiger partial charge on any atom is 0.0105 e. The minimum absolute atomic E-state index is 0.251. The highest BCUT2D eigenvalue weighted by Crippen LogP contribution is 2.13. The van der Waals surface area contributed by atoms with E-state index in [4.69, 9.17) is 5.73 Å². The van der Waals surface area contributed by atoms with Gasteiger partial charge in [0, 0.05) is 24.7 Å². The van der Waals surface area contributed by atoms with E-state index in [1.165, 1.54) is 25.9 Å². The lowest BCUT2D eigenvalue weighted by Gasteiger charge is -2.36. The molecule has 3 nitrogen and oxygen atoms in total. The molecule has 1 heterocycles. The van der Waals surface area contributed by atoms with Crippen LogP contribution in [0.15, 0.2) is 0 Å². The quantitative estimate of drug-likeness (QED) is 0.706. The van der Waals surface area contributed by atoms with E-state index in [-0.39, 0.29) is 5.54 Å². The lowest BCUT2D eigenvalue weighted by molar-refractivity contribution is 0.185. The summed E-state index contributed by atoms with van der Waals surface area (Å²) in [4.78, 5) is 2.46. The Hall–Kier alpha value is -0.120. The first-order chi connectivity index (χ1) is 6.51. The molecule has 1 aliphatic heterocycles. The van der Waals surface area contributed by atoms with E-state index in [9.17, 15) is 0 Å². The summed E-state index contributed by atoms with van der Waals surface area (Å²) in [6, 6.07) is 0.698. The average molecular weight is 199 g/mol. The van der Waals surface area contributed by atoms with E-state index < -0.39 is 0 Å². The van der Waals surface area contributed by atoms with Crippen molar-refractivity contribution in [3.63, 3.8) is 0 Å². The Morgan fingerprint density at radius 3 is 2.29 bits per heavy atom. The highest BCUT2D eigenvalue weighted by molar-refractivity contribution is 4.82. The minimum Gasteiger partial charge on any atom is -0.329 e. The van der Waals surface area contributed by atoms with Gasteiger partial charge in [0.15, 0.2) is 0 Å². The molecule has 0 aromatic carbocycles. The molecule has 0 amide bonds. The molecule has 0 saturated carbocycles. The second-order valence-corrected chi connectivity index (χ2v) is 5.30. The Kier molecular flexibility index (Phi) is 4.35. The highest BCUT2D eigenvalue weighted by Gasteiger charge is 2.22. The van der Waals surface area contributed by atoms with Gasteiger partial charge in [-0.05, 0) is 46.7 Å². The Morgan fingerprint density at radius 2 is 1.86 bits per heavy atom. The lowest BCUT2D eigenvalue weighted by Crippen LogP contribution is -2.49. The van der Waals surface area contributed by atoms with Crippen LogP contribution in [0, 0.1) is 0 Å². The first-order valence-corrected chi connectivity index (χ1v) is 5.71. The molecule has 1 saturated heterocycles. The zero-order chi connectivity index (χ0) is 10.6. The topological polar surface area (TPSA) is 41.3 Å². The van der Waals surface area contributed by atoms with Gasteiger partial charge < -0.3 is 16.0 Å². The van der Waals surface area contributed by atoms with Crippen molar-refractivity contribution in [2.75, 3.05) is 26.2 Å². The van der Waals surface area contributed by atoms with Crippen LogP contribution in [0.4, 0.5) is 0 Å². The van der Waals surface area contributed by atoms with E-state index >= 15 is 0 Å². The summed E-state index contributed by atoms with van der Waals surface area (Å²) in [5, 5.41) is 3.66. The molecule has 1 aliphatic rings. The average Bonchev–Trinajstić information content (AvgIpc) is 2.06. The van der Waals surface area contributed by atoms with Gasteiger partial charge in [0.05, 0.1) is 0 Å². The zero-order valence-corrected chi connectivity index (χ0v) is 9.84. The van der Waals surface area contributed by atoms with Gasteiger partial charge in [-0.15, -0.1) is 0 Å². The van der Waals surface area contributed by atoms with E-state index in [0.717, 1.165) is 13.1 Å². The largest absolute Gasteiger partial charge is 0.329 e. The van der Waals surface area contributed by atoms with Gasteiger partial charge in [-0.1, -0.05) is 0 Å². The Labute approximate surface area is 88.0 Å². The molecule has 0 unspecified atom stereocenters. The second kappa shape index (κ2) is 5.10. The number of piperidine rings is 1. The third kappa shape index (κ3) is 4.40. The summed E-state index contributed by atoms with van der Waals surface area (Å²) >= 11 is 0. The zero-order valence-electron chi connectivity index (χ0n) is 9.84. The normalized spacial score (nSPS) is 21.4. The number of rotatable bonds is 3. The maximum absolute atomic E-state index is 5.54. The van der Waals surface area contributed by atoms with Crippen molar-refractivity contribution in [1.29, 1.82) is 0 Å². The van der Waals surface area contributed by atoms with Crippen LogP contribution >= 0.6 is 0 Å². The fourth-order valence-electron chi connectivity index (χ4n) is 2.10. The van der Waals surface area contributed by atoms with Crippen molar-refractivity contribution < 1.29 is 0 Å². The summed E-state index contributed by atoms with van der Waals surface area (Å²) in [5.41, 5.74) is 5.79. The molecule has 0 atom stereocenters. The van der Waals surface area contributed by atoms with E-state index in [1.54, 1.807) is 0 Å². The van der Waals surface area contributed by atoms with Crippen LogP contribution in [-0.2, 0) is 0 Å². The standard InChI is InChI=1S/C11H25N3/c1-11(2,3)13-10-4-7-14(8-5-10)9-6-12/h10,13H,4-9,12H2,1-3H3. The van der Waals surface area contributed by atoms with Crippen molar-refractivity contribution in [2.24, 2.45) is 5.73 Å². The molecule has 0 aromatic heterocycles. The van der Waals surface area contributed by atoms with Gasteiger partial charge in [0.1, 0.15) is 0 Å². The summed E-state index contributed by atoms with van der Waals surface area (Å²) in [6.07, 6.45) is 2.52. The van der Waals surface area contributed by atoms with Crippen LogP contribution < -0.4 is 11.1 Å². The van der Waals surface area contributed by atoms with Gasteiger partial charge >= 0.3 is 0 Å². The third-order valence-electron chi connectivity index (χ3n) is 2.67. The summed E-state index contributed by atoms with van der Waals surface area (Å²) in [7, 11) is 0. The molecule has 1 fully saturated rings. The van der Waals surface area contributed by atoms with Gasteiger partial charge in [-0.3, -0.25) is 0 Å². The van der Waals surface area contributed by atoms with Crippen molar-refractivity contribution in [2.45, 2.75) is 45.2 Å². The molecule has 1 rings (SSSR count). The van der Waals surface area contributed by atoms with Crippen LogP contribution in [0.2, 0.25) is 0 Å². The van der Waals surface area contributed by atoms with Crippen LogP contribution in [0.5, 0.6) is 0 Å². The first-order valence-electron chi connectivity index (χ1n) is 5.71. The summed E-state index contributed by atoms with van der Waals surface area (Å²) in [6.45, 7) is 11.0.